The van der Waals surface area contributed by atoms with Crippen molar-refractivity contribution in [3.8, 4) is 11.5 Å². The van der Waals surface area contributed by atoms with E-state index < -0.39 is 0 Å². The fourth-order valence-electron chi connectivity index (χ4n) is 4.26. The van der Waals surface area contributed by atoms with E-state index in [1.54, 1.807) is 0 Å². The molecule has 0 atom stereocenters. The van der Waals surface area contributed by atoms with Gasteiger partial charge in [-0.05, 0) is 75.9 Å². The van der Waals surface area contributed by atoms with Crippen LogP contribution in [0.15, 0.2) is 42.5 Å². The molecular weight excluding hydrogens is 428 g/mol. The van der Waals surface area contributed by atoms with Crippen LogP contribution in [0, 0.1) is 13.8 Å². The lowest BCUT2D eigenvalue weighted by Crippen LogP contribution is -2.26. The van der Waals surface area contributed by atoms with Gasteiger partial charge < -0.3 is 14.8 Å². The Morgan fingerprint density at radius 1 is 1.00 bits per heavy atom. The van der Waals surface area contributed by atoms with Gasteiger partial charge in [0.05, 0.1) is 18.7 Å². The molecule has 7 heteroatoms. The number of nitrogens with one attached hydrogen (secondary N) is 1. The number of aryl methyl sites for hydroxylation is 2. The van der Waals surface area contributed by atoms with Gasteiger partial charge >= 0.3 is 0 Å². The molecule has 4 rings (SSSR count). The highest BCUT2D eigenvalue weighted by Crippen LogP contribution is 2.28. The lowest BCUT2D eigenvalue weighted by atomic mass is 10.1. The maximum Gasteiger partial charge on any atom is 0.220 e. The number of hydrogen-bond acceptors (Lipinski definition) is 5. The smallest absolute Gasteiger partial charge is 0.220 e. The number of carbonyl (C=O) groups excluding carboxylic acids is 1. The molecule has 0 saturated heterocycles. The molecule has 0 bridgehead atoms. The molecule has 0 aliphatic carbocycles. The lowest BCUT2D eigenvalue weighted by Gasteiger charge is -2.13. The Bertz CT molecular complexity index is 1310. The molecule has 0 radical (unpaired) electrons. The normalized spacial score (nSPS) is 11.2. The third kappa shape index (κ3) is 4.98. The zero-order chi connectivity index (χ0) is 24.1. The summed E-state index contributed by atoms with van der Waals surface area (Å²) in [6.45, 7) is 9.69. The van der Waals surface area contributed by atoms with Crippen LogP contribution < -0.4 is 14.8 Å². The van der Waals surface area contributed by atoms with E-state index in [0.717, 1.165) is 57.0 Å². The second kappa shape index (κ2) is 10.5. The Morgan fingerprint density at radius 3 is 2.56 bits per heavy atom. The molecule has 0 fully saturated rings. The third-order valence-corrected chi connectivity index (χ3v) is 5.96. The summed E-state index contributed by atoms with van der Waals surface area (Å²) in [6, 6.07) is 13.9. The van der Waals surface area contributed by atoms with E-state index in [1.807, 2.05) is 74.7 Å². The van der Waals surface area contributed by atoms with E-state index in [1.165, 1.54) is 0 Å². The summed E-state index contributed by atoms with van der Waals surface area (Å²) in [5.74, 6) is 1.52. The molecule has 1 amide bonds. The largest absolute Gasteiger partial charge is 0.490 e. The summed E-state index contributed by atoms with van der Waals surface area (Å²) in [4.78, 5) is 17.3. The van der Waals surface area contributed by atoms with Crippen LogP contribution in [-0.4, -0.2) is 40.3 Å². The molecular formula is C27H32N4O3. The summed E-state index contributed by atoms with van der Waals surface area (Å²) in [5.41, 5.74) is 5.93. The number of nitrogens with zero attached hydrogens (tertiary/aromatic N) is 3. The van der Waals surface area contributed by atoms with Crippen molar-refractivity contribution in [2.75, 3.05) is 19.8 Å². The molecule has 0 saturated carbocycles. The average Bonchev–Trinajstić information content (AvgIpc) is 3.19. The predicted octanol–water partition coefficient (Wildman–Crippen LogP) is 4.59. The number of fused-ring (bicyclic) bond motifs is 3. The zero-order valence-corrected chi connectivity index (χ0v) is 20.4. The molecule has 34 heavy (non-hydrogen) atoms. The maximum absolute atomic E-state index is 12.5. The Morgan fingerprint density at radius 2 is 1.76 bits per heavy atom. The van der Waals surface area contributed by atoms with Crippen LogP contribution in [0.1, 0.15) is 42.8 Å². The van der Waals surface area contributed by atoms with E-state index in [2.05, 4.69) is 5.32 Å². The fraction of sp³-hybridized carbons (Fsp3) is 0.370. The minimum Gasteiger partial charge on any atom is -0.490 e. The minimum absolute atomic E-state index is 0.0282. The highest BCUT2D eigenvalue weighted by molar-refractivity contribution is 5.92. The van der Waals surface area contributed by atoms with Crippen molar-refractivity contribution in [1.29, 1.82) is 0 Å². The molecule has 2 heterocycles. The first-order chi connectivity index (χ1) is 16.5. The van der Waals surface area contributed by atoms with Crippen LogP contribution in [0.4, 0.5) is 0 Å². The SMILES string of the molecule is CCOc1ccc(CCNC(=O)CCc2c(C)nc3c4ccccc4nn3c2C)cc1OCC. The second-order valence-corrected chi connectivity index (χ2v) is 8.26. The number of rotatable bonds is 10. The van der Waals surface area contributed by atoms with Crippen molar-refractivity contribution >= 4 is 22.5 Å². The van der Waals surface area contributed by atoms with Crippen LogP contribution in [0.5, 0.6) is 11.5 Å². The number of carbonyl (C=O) groups is 1. The molecule has 0 unspecified atom stereocenters. The van der Waals surface area contributed by atoms with Gasteiger partial charge in [0.15, 0.2) is 17.1 Å². The molecule has 7 nitrogen and oxygen atoms in total. The molecule has 4 aromatic rings. The van der Waals surface area contributed by atoms with E-state index in [9.17, 15) is 4.79 Å². The van der Waals surface area contributed by atoms with Crippen LogP contribution in [0.25, 0.3) is 16.6 Å². The number of benzene rings is 2. The van der Waals surface area contributed by atoms with Crippen LogP contribution in [-0.2, 0) is 17.6 Å². The van der Waals surface area contributed by atoms with Crippen LogP contribution in [0.2, 0.25) is 0 Å². The van der Waals surface area contributed by atoms with E-state index in [4.69, 9.17) is 19.6 Å². The summed E-state index contributed by atoms with van der Waals surface area (Å²) in [5, 5.41) is 8.78. The van der Waals surface area contributed by atoms with Gasteiger partial charge in [0.25, 0.3) is 0 Å². The first kappa shape index (κ1) is 23.5. The van der Waals surface area contributed by atoms with E-state index in [0.29, 0.717) is 32.6 Å². The van der Waals surface area contributed by atoms with Crippen molar-refractivity contribution in [1.82, 2.24) is 19.9 Å². The van der Waals surface area contributed by atoms with Gasteiger partial charge in [-0.1, -0.05) is 18.2 Å². The van der Waals surface area contributed by atoms with Gasteiger partial charge in [-0.3, -0.25) is 4.79 Å². The summed E-state index contributed by atoms with van der Waals surface area (Å²) >= 11 is 0. The molecule has 0 aliphatic rings. The van der Waals surface area contributed by atoms with Gasteiger partial charge in [-0.25, -0.2) is 9.50 Å². The quantitative estimate of drug-likeness (QED) is 0.375. The van der Waals surface area contributed by atoms with E-state index in [-0.39, 0.29) is 5.91 Å². The molecule has 0 aliphatic heterocycles. The summed E-state index contributed by atoms with van der Waals surface area (Å²) < 4.78 is 13.2. The number of ether oxygens (including phenoxy) is 2. The second-order valence-electron chi connectivity index (χ2n) is 8.26. The Balaban J connectivity index is 1.36. The number of hydrogen-bond donors (Lipinski definition) is 1. The molecule has 2 aromatic carbocycles. The third-order valence-electron chi connectivity index (χ3n) is 5.96. The van der Waals surface area contributed by atoms with Crippen molar-refractivity contribution in [2.45, 2.75) is 47.0 Å². The van der Waals surface area contributed by atoms with Gasteiger partial charge in [0.2, 0.25) is 5.91 Å². The van der Waals surface area contributed by atoms with Crippen molar-refractivity contribution < 1.29 is 14.3 Å². The van der Waals surface area contributed by atoms with Crippen molar-refractivity contribution in [3.63, 3.8) is 0 Å². The number of amides is 1. The number of aromatic nitrogens is 3. The molecule has 0 spiro atoms. The Kier molecular flexibility index (Phi) is 7.30. The Hall–Kier alpha value is -3.61. The van der Waals surface area contributed by atoms with Gasteiger partial charge in [0.1, 0.15) is 0 Å². The van der Waals surface area contributed by atoms with Crippen LogP contribution >= 0.6 is 0 Å². The minimum atomic E-state index is 0.0282. The van der Waals surface area contributed by atoms with Crippen LogP contribution in [0.3, 0.4) is 0 Å². The monoisotopic (exact) mass is 460 g/mol. The molecule has 178 valence electrons. The molecule has 1 N–H and O–H groups in total. The average molecular weight is 461 g/mol. The first-order valence-corrected chi connectivity index (χ1v) is 11.9. The highest BCUT2D eigenvalue weighted by Gasteiger charge is 2.15. The fourth-order valence-corrected chi connectivity index (χ4v) is 4.26. The standard InChI is InChI=1S/C27H32N4O3/c1-5-33-24-13-11-20(17-25(24)34-6-2)15-16-28-26(32)14-12-21-18(3)29-27-22-9-7-8-10-23(22)30-31(27)19(21)4/h7-11,13,17H,5-6,12,14-16H2,1-4H3,(H,28,32). The highest BCUT2D eigenvalue weighted by atomic mass is 16.5. The van der Waals surface area contributed by atoms with Gasteiger partial charge in [-0.15, -0.1) is 0 Å². The summed E-state index contributed by atoms with van der Waals surface area (Å²) in [6.07, 6.45) is 1.76. The maximum atomic E-state index is 12.5. The summed E-state index contributed by atoms with van der Waals surface area (Å²) in [7, 11) is 0. The van der Waals surface area contributed by atoms with Crippen molar-refractivity contribution in [2.24, 2.45) is 0 Å². The molecule has 2 aromatic heterocycles. The first-order valence-electron chi connectivity index (χ1n) is 11.9. The zero-order valence-electron chi connectivity index (χ0n) is 20.4. The Labute approximate surface area is 200 Å². The topological polar surface area (TPSA) is 77.8 Å². The van der Waals surface area contributed by atoms with Crippen molar-refractivity contribution in [3.05, 3.63) is 65.0 Å². The predicted molar refractivity (Wildman–Crippen MR) is 134 cm³/mol. The van der Waals surface area contributed by atoms with E-state index >= 15 is 0 Å². The lowest BCUT2D eigenvalue weighted by molar-refractivity contribution is -0.121. The van der Waals surface area contributed by atoms with Gasteiger partial charge in [-0.2, -0.15) is 5.10 Å². The van der Waals surface area contributed by atoms with Gasteiger partial charge in [0, 0.05) is 29.7 Å².